The maximum atomic E-state index is 13.7. The van der Waals surface area contributed by atoms with Crippen molar-refractivity contribution in [1.82, 2.24) is 9.88 Å². The van der Waals surface area contributed by atoms with Gasteiger partial charge < -0.3 is 21.1 Å². The van der Waals surface area contributed by atoms with Crippen LogP contribution in [0.1, 0.15) is 25.0 Å². The first-order valence-electron chi connectivity index (χ1n) is 10.3. The third-order valence-corrected chi connectivity index (χ3v) is 5.33. The Morgan fingerprint density at radius 3 is 2.87 bits per heavy atom. The molecule has 4 N–H and O–H groups in total. The summed E-state index contributed by atoms with van der Waals surface area (Å²) in [6.07, 6.45) is 9.32. The lowest BCUT2D eigenvalue weighted by Gasteiger charge is -2.28. The highest BCUT2D eigenvalue weighted by molar-refractivity contribution is 5.90. The second-order valence-corrected chi connectivity index (χ2v) is 7.47. The summed E-state index contributed by atoms with van der Waals surface area (Å²) in [7, 11) is 1.70. The molecule has 1 aromatic carbocycles. The van der Waals surface area contributed by atoms with E-state index in [4.69, 9.17) is 10.5 Å². The van der Waals surface area contributed by atoms with Crippen molar-refractivity contribution in [2.75, 3.05) is 31.2 Å². The van der Waals surface area contributed by atoms with E-state index in [-0.39, 0.29) is 11.8 Å². The first-order chi connectivity index (χ1) is 15.0. The molecule has 1 aromatic heterocycles. The Balaban J connectivity index is 1.93. The van der Waals surface area contributed by atoms with E-state index in [1.807, 2.05) is 62.4 Å². The van der Waals surface area contributed by atoms with Crippen molar-refractivity contribution in [2.45, 2.75) is 20.1 Å². The van der Waals surface area contributed by atoms with Crippen LogP contribution in [-0.4, -0.2) is 37.2 Å². The Hall–Kier alpha value is -3.58. The van der Waals surface area contributed by atoms with Gasteiger partial charge in [0.2, 0.25) is 0 Å². The molecule has 0 radical (unpaired) electrons. The minimum Gasteiger partial charge on any atom is -0.398 e. The summed E-state index contributed by atoms with van der Waals surface area (Å²) in [5.41, 5.74) is 11.6. The van der Waals surface area contributed by atoms with Gasteiger partial charge in [-0.15, -0.1) is 0 Å². The number of dihydropyridines is 1. The molecule has 7 nitrogen and oxygen atoms in total. The van der Waals surface area contributed by atoms with E-state index in [0.29, 0.717) is 24.4 Å². The van der Waals surface area contributed by atoms with Crippen LogP contribution in [0.4, 0.5) is 11.5 Å². The van der Waals surface area contributed by atoms with E-state index in [9.17, 15) is 4.79 Å². The van der Waals surface area contributed by atoms with E-state index >= 15 is 0 Å². The lowest BCUT2D eigenvalue weighted by atomic mass is 10.00. The van der Waals surface area contributed by atoms with Gasteiger partial charge in [0.1, 0.15) is 12.0 Å². The average Bonchev–Trinajstić information content (AvgIpc) is 2.76. The highest BCUT2D eigenvalue weighted by Gasteiger charge is 2.23. The van der Waals surface area contributed by atoms with Crippen LogP contribution in [0.2, 0.25) is 0 Å². The normalized spacial score (nSPS) is 17.6. The van der Waals surface area contributed by atoms with Crippen molar-refractivity contribution in [3.8, 4) is 11.1 Å². The number of anilines is 2. The van der Waals surface area contributed by atoms with Gasteiger partial charge in [-0.1, -0.05) is 12.1 Å². The quantitative estimate of drug-likeness (QED) is 0.513. The zero-order valence-electron chi connectivity index (χ0n) is 18.0. The molecule has 0 aliphatic carbocycles. The van der Waals surface area contributed by atoms with Crippen molar-refractivity contribution in [3.05, 3.63) is 69.7 Å². The molecule has 0 saturated heterocycles. The molecule has 160 valence electrons. The number of ether oxygens (including phenoxy) is 1. The van der Waals surface area contributed by atoms with Crippen molar-refractivity contribution in [2.24, 2.45) is 4.99 Å². The predicted octanol–water partition coefficient (Wildman–Crippen LogP) is 3.30. The largest absolute Gasteiger partial charge is 0.398 e. The summed E-state index contributed by atoms with van der Waals surface area (Å²) in [6, 6.07) is 7.49. The number of nitrogens with zero attached hydrogens (tertiary/aromatic N) is 2. The topological polar surface area (TPSA) is 93.7 Å². The lowest BCUT2D eigenvalue weighted by molar-refractivity contribution is 0.115. The second-order valence-electron chi connectivity index (χ2n) is 7.47. The number of pyridine rings is 1. The van der Waals surface area contributed by atoms with Crippen LogP contribution in [0.3, 0.4) is 0 Å². The van der Waals surface area contributed by atoms with Crippen LogP contribution in [0.25, 0.3) is 22.9 Å². The minimum atomic E-state index is -0.285. The predicted molar refractivity (Wildman–Crippen MR) is 128 cm³/mol. The minimum absolute atomic E-state index is 0.109. The highest BCUT2D eigenvalue weighted by Crippen LogP contribution is 2.30. The van der Waals surface area contributed by atoms with Gasteiger partial charge in [-0.05, 0) is 55.8 Å². The Labute approximate surface area is 181 Å². The van der Waals surface area contributed by atoms with Gasteiger partial charge >= 0.3 is 0 Å². The summed E-state index contributed by atoms with van der Waals surface area (Å²) < 4.78 is 7.46. The molecular formula is C24H27N5O2. The number of hydrogen-bond donors (Lipinski definition) is 3. The molecule has 1 atom stereocenters. The number of benzene rings is 1. The zero-order chi connectivity index (χ0) is 22.0. The van der Waals surface area contributed by atoms with Crippen LogP contribution in [0.15, 0.2) is 58.0 Å². The van der Waals surface area contributed by atoms with E-state index in [1.54, 1.807) is 17.8 Å². The molecule has 2 aliphatic rings. The molecule has 0 amide bonds. The molecule has 7 heteroatoms. The SMILES string of the molecule is CCOC1C=Cc2cc(-c3ccc(N)c(C=NC)c3)c(=O)n(C3=CC=C(C)NC3)c2N1. The van der Waals surface area contributed by atoms with Crippen LogP contribution in [0, 0.1) is 0 Å². The fourth-order valence-electron chi connectivity index (χ4n) is 3.76. The van der Waals surface area contributed by atoms with Crippen LogP contribution in [-0.2, 0) is 4.74 Å². The maximum Gasteiger partial charge on any atom is 0.264 e. The van der Waals surface area contributed by atoms with Crippen LogP contribution >= 0.6 is 0 Å². The molecule has 0 fully saturated rings. The van der Waals surface area contributed by atoms with E-state index in [1.165, 1.54) is 0 Å². The molecule has 31 heavy (non-hydrogen) atoms. The monoisotopic (exact) mass is 417 g/mol. The molecule has 4 rings (SSSR count). The van der Waals surface area contributed by atoms with E-state index in [0.717, 1.165) is 33.9 Å². The van der Waals surface area contributed by atoms with Gasteiger partial charge in [-0.2, -0.15) is 0 Å². The van der Waals surface area contributed by atoms with Gasteiger partial charge in [0.05, 0.1) is 6.54 Å². The first-order valence-corrected chi connectivity index (χ1v) is 10.3. The Morgan fingerprint density at radius 1 is 1.32 bits per heavy atom. The third-order valence-electron chi connectivity index (χ3n) is 5.33. The number of nitrogens with one attached hydrogen (secondary N) is 2. The third kappa shape index (κ3) is 4.04. The fourth-order valence-corrected chi connectivity index (χ4v) is 3.76. The number of fused-ring (bicyclic) bond motifs is 1. The summed E-state index contributed by atoms with van der Waals surface area (Å²) in [6.45, 7) is 5.07. The van der Waals surface area contributed by atoms with Crippen molar-refractivity contribution < 1.29 is 4.74 Å². The molecule has 2 aliphatic heterocycles. The Kier molecular flexibility index (Phi) is 5.77. The number of allylic oxidation sites excluding steroid dienone is 3. The van der Waals surface area contributed by atoms with Crippen molar-refractivity contribution in [3.63, 3.8) is 0 Å². The highest BCUT2D eigenvalue weighted by atomic mass is 16.5. The van der Waals surface area contributed by atoms with Gasteiger partial charge in [0.15, 0.2) is 0 Å². The zero-order valence-corrected chi connectivity index (χ0v) is 18.0. The molecular weight excluding hydrogens is 390 g/mol. The maximum absolute atomic E-state index is 13.7. The average molecular weight is 418 g/mol. The molecule has 3 heterocycles. The number of hydrogen-bond acceptors (Lipinski definition) is 6. The number of rotatable bonds is 5. The van der Waals surface area contributed by atoms with Crippen LogP contribution in [0.5, 0.6) is 0 Å². The first kappa shape index (κ1) is 20.7. The number of nitrogen functional groups attached to an aromatic ring is 1. The lowest BCUT2D eigenvalue weighted by Crippen LogP contribution is -2.34. The molecule has 1 unspecified atom stereocenters. The second kappa shape index (κ2) is 8.65. The van der Waals surface area contributed by atoms with E-state index in [2.05, 4.69) is 15.6 Å². The van der Waals surface area contributed by atoms with Crippen molar-refractivity contribution in [1.29, 1.82) is 0 Å². The number of aliphatic imine (C=N–C) groups is 1. The van der Waals surface area contributed by atoms with Gasteiger partial charge in [0.25, 0.3) is 5.56 Å². The molecule has 0 bridgehead atoms. The number of nitrogens with two attached hydrogens (primary N) is 1. The number of aromatic nitrogens is 1. The van der Waals surface area contributed by atoms with E-state index < -0.39 is 0 Å². The summed E-state index contributed by atoms with van der Waals surface area (Å²) >= 11 is 0. The van der Waals surface area contributed by atoms with Gasteiger partial charge in [0, 0.05) is 53.6 Å². The standard InChI is InChI=1S/C24H27N5O2/c1-4-31-22-10-7-17-12-20(16-6-9-21(25)18(11-16)13-26-3)24(30)29(23(17)28-22)19-8-5-15(2)27-14-19/h5-13,22,27-28H,4,14,25H2,1-3H3. The van der Waals surface area contributed by atoms with Gasteiger partial charge in [-0.25, -0.2) is 0 Å². The summed E-state index contributed by atoms with van der Waals surface area (Å²) in [5, 5.41) is 6.67. The van der Waals surface area contributed by atoms with Crippen molar-refractivity contribution >= 4 is 29.5 Å². The molecule has 0 spiro atoms. The summed E-state index contributed by atoms with van der Waals surface area (Å²) in [5.74, 6) is 0.724. The van der Waals surface area contributed by atoms with Crippen LogP contribution < -0.4 is 21.9 Å². The smallest absolute Gasteiger partial charge is 0.264 e. The Bertz CT molecular complexity index is 1190. The molecule has 2 aromatic rings. The fraction of sp³-hybridized carbons (Fsp3) is 0.250. The summed E-state index contributed by atoms with van der Waals surface area (Å²) in [4.78, 5) is 17.8. The molecule has 0 saturated carbocycles. The van der Waals surface area contributed by atoms with Gasteiger partial charge in [-0.3, -0.25) is 14.4 Å². The Morgan fingerprint density at radius 2 is 2.16 bits per heavy atom.